The number of carbonyl (C=O) groups excluding carboxylic acids is 2. The summed E-state index contributed by atoms with van der Waals surface area (Å²) < 4.78 is 10.7. The van der Waals surface area contributed by atoms with Crippen LogP contribution in [0, 0.1) is 0 Å². The molecule has 0 heterocycles. The van der Waals surface area contributed by atoms with Gasteiger partial charge >= 0.3 is 11.9 Å². The van der Waals surface area contributed by atoms with Gasteiger partial charge in [-0.05, 0) is 71.1 Å². The Morgan fingerprint density at radius 2 is 0.796 bits per heavy atom. The first kappa shape index (κ1) is 54.9. The van der Waals surface area contributed by atoms with E-state index in [4.69, 9.17) is 20.9 Å². The van der Waals surface area contributed by atoms with Gasteiger partial charge in [0.1, 0.15) is 0 Å². The molecule has 0 aliphatic carbocycles. The van der Waals surface area contributed by atoms with Gasteiger partial charge in [0.25, 0.3) is 0 Å². The Balaban J connectivity index is 0. The highest BCUT2D eigenvalue weighted by atomic mass is 16.5. The number of ether oxygens (including phenoxy) is 2. The number of nitrogens with zero attached hydrogens (tertiary/aromatic N) is 1. The summed E-state index contributed by atoms with van der Waals surface area (Å²) >= 11 is 0. The summed E-state index contributed by atoms with van der Waals surface area (Å²) in [4.78, 5) is 25.9. The first-order valence-electron chi connectivity index (χ1n) is 23.7. The minimum atomic E-state index is -0.0542. The second-order valence-corrected chi connectivity index (χ2v) is 15.7. The highest BCUT2D eigenvalue weighted by Gasteiger charge is 2.09. The lowest BCUT2D eigenvalue weighted by atomic mass is 10.1. The molecule has 0 aromatic carbocycles. The van der Waals surface area contributed by atoms with Gasteiger partial charge in [-0.3, -0.25) is 9.59 Å². The summed E-state index contributed by atoms with van der Waals surface area (Å²) in [6.45, 7) is 14.2. The number of hydrogen-bond acceptors (Lipinski definition) is 8. The van der Waals surface area contributed by atoms with Gasteiger partial charge in [0.05, 0.1) is 19.6 Å². The number of unbranched alkanes of at least 4 members (excludes halogenated alkanes) is 25. The Labute approximate surface area is 337 Å². The van der Waals surface area contributed by atoms with E-state index in [1.165, 1.54) is 154 Å². The van der Waals surface area contributed by atoms with Crippen molar-refractivity contribution in [3.63, 3.8) is 0 Å². The number of rotatable bonds is 43. The van der Waals surface area contributed by atoms with Gasteiger partial charge < -0.3 is 31.2 Å². The second-order valence-electron chi connectivity index (χ2n) is 15.7. The average molecular weight is 769 g/mol. The maximum atomic E-state index is 11.9. The molecule has 0 rings (SSSR count). The van der Waals surface area contributed by atoms with Crippen molar-refractivity contribution >= 4 is 11.9 Å². The van der Waals surface area contributed by atoms with Crippen LogP contribution in [0.1, 0.15) is 226 Å². The van der Waals surface area contributed by atoms with Crippen LogP contribution >= 0.6 is 0 Å². The predicted molar refractivity (Wildman–Crippen MR) is 234 cm³/mol. The van der Waals surface area contributed by atoms with E-state index in [9.17, 15) is 9.59 Å². The third-order valence-corrected chi connectivity index (χ3v) is 10.2. The van der Waals surface area contributed by atoms with E-state index in [1.54, 1.807) is 0 Å². The molecule has 0 bridgehead atoms. The Morgan fingerprint density at radius 1 is 0.407 bits per heavy atom. The number of nitrogens with two attached hydrogens (primary N) is 2. The molecule has 8 nitrogen and oxygen atoms in total. The van der Waals surface area contributed by atoms with Crippen molar-refractivity contribution in [3.8, 4) is 0 Å². The molecule has 0 aromatic heterocycles. The first-order chi connectivity index (χ1) is 26.5. The Morgan fingerprint density at radius 3 is 1.24 bits per heavy atom. The molecule has 0 fully saturated rings. The lowest BCUT2D eigenvalue weighted by Crippen LogP contribution is -2.32. The zero-order valence-corrected chi connectivity index (χ0v) is 36.7. The van der Waals surface area contributed by atoms with Gasteiger partial charge in [-0.15, -0.1) is 0 Å². The molecular formula is C46H96N4O4. The van der Waals surface area contributed by atoms with E-state index in [0.717, 1.165) is 77.8 Å². The molecule has 0 saturated carbocycles. The minimum Gasteiger partial charge on any atom is -0.466 e. The third-order valence-electron chi connectivity index (χ3n) is 10.2. The molecule has 0 atom stereocenters. The van der Waals surface area contributed by atoms with Crippen LogP contribution < -0.4 is 16.8 Å². The Hall–Kier alpha value is -1.22. The predicted octanol–water partition coefficient (Wildman–Crippen LogP) is 11.4. The van der Waals surface area contributed by atoms with E-state index in [2.05, 4.69) is 31.0 Å². The zero-order valence-electron chi connectivity index (χ0n) is 36.7. The summed E-state index contributed by atoms with van der Waals surface area (Å²) in [7, 11) is 0. The van der Waals surface area contributed by atoms with Gasteiger partial charge in [0, 0.05) is 26.1 Å². The maximum absolute atomic E-state index is 11.9. The molecule has 0 spiro atoms. The van der Waals surface area contributed by atoms with Crippen molar-refractivity contribution in [2.45, 2.75) is 226 Å². The summed E-state index contributed by atoms with van der Waals surface area (Å²) in [6, 6.07) is 0. The number of nitrogens with one attached hydrogen (secondary N) is 1. The summed E-state index contributed by atoms with van der Waals surface area (Å²) in [5, 5.41) is 3.45. The standard InChI is InChI=1S/2C23H48N2O2/c1-3-5-7-9-10-11-12-13-14-16-22-27-23(26)17-20-25(21-18-24)19-15-8-6-4-2;1-2-3-4-5-6-7-8-9-10-17-22-27-23(26)18-13-11-15-20-25-21-16-12-14-19-24/h3-22,24H2,1-2H3;25H,2-22,24H2,1H3. The van der Waals surface area contributed by atoms with Crippen LogP contribution in [0.2, 0.25) is 0 Å². The largest absolute Gasteiger partial charge is 0.466 e. The van der Waals surface area contributed by atoms with Gasteiger partial charge in [-0.2, -0.15) is 0 Å². The molecule has 0 aliphatic heterocycles. The monoisotopic (exact) mass is 769 g/mol. The van der Waals surface area contributed by atoms with Crippen LogP contribution in [0.4, 0.5) is 0 Å². The van der Waals surface area contributed by atoms with E-state index < -0.39 is 0 Å². The minimum absolute atomic E-state index is 0.0133. The Kier molecular flexibility index (Phi) is 50.6. The van der Waals surface area contributed by atoms with Crippen LogP contribution in [0.3, 0.4) is 0 Å². The summed E-state index contributed by atoms with van der Waals surface area (Å²) in [5.74, 6) is -0.0674. The average Bonchev–Trinajstić information content (AvgIpc) is 3.17. The third kappa shape index (κ3) is 48.8. The summed E-state index contributed by atoms with van der Waals surface area (Å²) in [5.41, 5.74) is 11.2. The Bertz CT molecular complexity index is 727. The van der Waals surface area contributed by atoms with Crippen molar-refractivity contribution < 1.29 is 19.1 Å². The normalized spacial score (nSPS) is 11.1. The van der Waals surface area contributed by atoms with Gasteiger partial charge in [0.15, 0.2) is 0 Å². The second kappa shape index (κ2) is 49.8. The molecule has 0 radical (unpaired) electrons. The maximum Gasteiger partial charge on any atom is 0.307 e. The van der Waals surface area contributed by atoms with Crippen LogP contribution in [0.15, 0.2) is 0 Å². The molecule has 0 aliphatic rings. The van der Waals surface area contributed by atoms with Gasteiger partial charge in [-0.25, -0.2) is 0 Å². The highest BCUT2D eigenvalue weighted by molar-refractivity contribution is 5.69. The molecule has 0 unspecified atom stereocenters. The highest BCUT2D eigenvalue weighted by Crippen LogP contribution is 2.12. The topological polar surface area (TPSA) is 120 Å². The fourth-order valence-corrected chi connectivity index (χ4v) is 6.62. The fraction of sp³-hybridized carbons (Fsp3) is 0.957. The number of esters is 2. The molecule has 324 valence electrons. The van der Waals surface area contributed by atoms with Crippen molar-refractivity contribution in [1.82, 2.24) is 10.2 Å². The van der Waals surface area contributed by atoms with Gasteiger partial charge in [0.2, 0.25) is 0 Å². The molecule has 0 aromatic rings. The van der Waals surface area contributed by atoms with Crippen LogP contribution in [0.5, 0.6) is 0 Å². The van der Waals surface area contributed by atoms with Crippen LogP contribution in [0.25, 0.3) is 0 Å². The molecular weight excluding hydrogens is 673 g/mol. The van der Waals surface area contributed by atoms with Crippen LogP contribution in [-0.4, -0.2) is 75.9 Å². The quantitative estimate of drug-likeness (QED) is 0.0414. The van der Waals surface area contributed by atoms with E-state index in [0.29, 0.717) is 32.6 Å². The summed E-state index contributed by atoms with van der Waals surface area (Å²) in [6.07, 6.45) is 38.9. The molecule has 0 amide bonds. The smallest absolute Gasteiger partial charge is 0.307 e. The lowest BCUT2D eigenvalue weighted by molar-refractivity contribution is -0.145. The number of hydrogen-bond donors (Lipinski definition) is 3. The van der Waals surface area contributed by atoms with E-state index >= 15 is 0 Å². The molecule has 0 saturated heterocycles. The first-order valence-corrected chi connectivity index (χ1v) is 23.7. The lowest BCUT2D eigenvalue weighted by Gasteiger charge is -2.21. The van der Waals surface area contributed by atoms with Crippen molar-refractivity contribution in [2.24, 2.45) is 11.5 Å². The van der Waals surface area contributed by atoms with Crippen molar-refractivity contribution in [1.29, 1.82) is 0 Å². The van der Waals surface area contributed by atoms with Gasteiger partial charge in [-0.1, -0.05) is 168 Å². The number of carbonyl (C=O) groups is 2. The molecule has 8 heteroatoms. The van der Waals surface area contributed by atoms with Crippen molar-refractivity contribution in [3.05, 3.63) is 0 Å². The zero-order chi connectivity index (χ0) is 39.8. The van der Waals surface area contributed by atoms with Crippen LogP contribution in [-0.2, 0) is 19.1 Å². The molecule has 5 N–H and O–H groups in total. The van der Waals surface area contributed by atoms with E-state index in [1.807, 2.05) is 0 Å². The SMILES string of the molecule is CCCCCCCCCCCCOC(=O)CCCCCNCCCCCN.CCCCCCCCCCCCOC(=O)CCN(CCN)CCCCCC. The van der Waals surface area contributed by atoms with Crippen molar-refractivity contribution in [2.75, 3.05) is 59.0 Å². The fourth-order valence-electron chi connectivity index (χ4n) is 6.62. The van der Waals surface area contributed by atoms with E-state index in [-0.39, 0.29) is 11.9 Å². The molecule has 54 heavy (non-hydrogen) atoms.